The zero-order valence-electron chi connectivity index (χ0n) is 10.3. The van der Waals surface area contributed by atoms with Gasteiger partial charge in [-0.15, -0.1) is 11.3 Å². The molecule has 3 nitrogen and oxygen atoms in total. The van der Waals surface area contributed by atoms with E-state index in [0.29, 0.717) is 5.69 Å². The van der Waals surface area contributed by atoms with Crippen molar-refractivity contribution in [2.24, 2.45) is 0 Å². The average Bonchev–Trinajstić information content (AvgIpc) is 2.75. The van der Waals surface area contributed by atoms with Crippen molar-refractivity contribution in [3.8, 4) is 0 Å². The van der Waals surface area contributed by atoms with Gasteiger partial charge in [-0.05, 0) is 56.1 Å². The van der Waals surface area contributed by atoms with Crippen LogP contribution in [0.15, 0.2) is 38.6 Å². The number of ether oxygens (including phenoxy) is 1. The molecule has 2 rings (SSSR count). The number of carbonyl (C=O) groups excluding carboxylic acids is 1. The number of hydrogen-bond acceptors (Lipinski definition) is 4. The summed E-state index contributed by atoms with van der Waals surface area (Å²) in [5.41, 5.74) is 0.515. The molecule has 1 heterocycles. The fourth-order valence-corrected chi connectivity index (χ4v) is 3.74. The van der Waals surface area contributed by atoms with Crippen LogP contribution in [0.3, 0.4) is 0 Å². The van der Waals surface area contributed by atoms with Gasteiger partial charge >= 0.3 is 5.97 Å². The normalized spacial score (nSPS) is 12.0. The fourth-order valence-electron chi connectivity index (χ4n) is 1.61. The van der Waals surface area contributed by atoms with Crippen LogP contribution < -0.4 is 5.32 Å². The van der Waals surface area contributed by atoms with Gasteiger partial charge in [0.15, 0.2) is 6.04 Å². The molecule has 0 bridgehead atoms. The fraction of sp³-hybridized carbons (Fsp3) is 0.154. The van der Waals surface area contributed by atoms with Crippen LogP contribution in [0.2, 0.25) is 0 Å². The van der Waals surface area contributed by atoms with Gasteiger partial charge in [0.2, 0.25) is 0 Å². The summed E-state index contributed by atoms with van der Waals surface area (Å²) in [6.07, 6.45) is 0. The number of benzene rings is 1. The van der Waals surface area contributed by atoms with E-state index in [9.17, 15) is 9.18 Å². The Labute approximate surface area is 136 Å². The topological polar surface area (TPSA) is 38.3 Å². The quantitative estimate of drug-likeness (QED) is 0.723. The molecule has 0 radical (unpaired) electrons. The first-order valence-corrected chi connectivity index (χ1v) is 7.96. The molecular formula is C13H10Br2FNO2S. The second kappa shape index (κ2) is 6.69. The maximum absolute atomic E-state index is 13.2. The van der Waals surface area contributed by atoms with Crippen LogP contribution in [0.5, 0.6) is 0 Å². The largest absolute Gasteiger partial charge is 0.467 e. The van der Waals surface area contributed by atoms with E-state index in [4.69, 9.17) is 4.74 Å². The molecule has 2 aromatic rings. The van der Waals surface area contributed by atoms with Crippen LogP contribution in [0.1, 0.15) is 10.9 Å². The van der Waals surface area contributed by atoms with Crippen LogP contribution in [0, 0.1) is 5.82 Å². The second-order valence-electron chi connectivity index (χ2n) is 3.88. The summed E-state index contributed by atoms with van der Waals surface area (Å²) in [4.78, 5) is 12.7. The van der Waals surface area contributed by atoms with Crippen molar-refractivity contribution in [1.82, 2.24) is 0 Å². The minimum Gasteiger partial charge on any atom is -0.467 e. The van der Waals surface area contributed by atoms with Crippen molar-refractivity contribution < 1.29 is 13.9 Å². The summed E-state index contributed by atoms with van der Waals surface area (Å²) in [6.45, 7) is 0. The Morgan fingerprint density at radius 2 is 2.15 bits per heavy atom. The molecule has 0 amide bonds. The molecule has 0 aliphatic rings. The number of anilines is 1. The lowest BCUT2D eigenvalue weighted by atomic mass is 10.2. The first-order chi connectivity index (χ1) is 9.51. The zero-order chi connectivity index (χ0) is 14.7. The first-order valence-electron chi connectivity index (χ1n) is 5.56. The van der Waals surface area contributed by atoms with E-state index in [1.54, 1.807) is 12.1 Å². The molecule has 1 aromatic heterocycles. The first kappa shape index (κ1) is 15.5. The number of halogens is 3. The highest BCUT2D eigenvalue weighted by Gasteiger charge is 2.24. The summed E-state index contributed by atoms with van der Waals surface area (Å²) < 4.78 is 19.7. The molecule has 0 spiro atoms. The van der Waals surface area contributed by atoms with E-state index >= 15 is 0 Å². The van der Waals surface area contributed by atoms with Gasteiger partial charge < -0.3 is 10.1 Å². The lowest BCUT2D eigenvalue weighted by Crippen LogP contribution is -2.21. The minimum atomic E-state index is -0.686. The van der Waals surface area contributed by atoms with Gasteiger partial charge in [-0.1, -0.05) is 6.07 Å². The maximum atomic E-state index is 13.2. The van der Waals surface area contributed by atoms with E-state index in [1.807, 2.05) is 6.07 Å². The number of thiophene rings is 1. The molecule has 0 saturated carbocycles. The molecular weight excluding hydrogens is 413 g/mol. The third-order valence-corrected chi connectivity index (χ3v) is 5.84. The van der Waals surface area contributed by atoms with Crippen LogP contribution >= 0.6 is 43.2 Å². The molecule has 1 atom stereocenters. The minimum absolute atomic E-state index is 0.368. The van der Waals surface area contributed by atoms with Gasteiger partial charge in [0, 0.05) is 15.0 Å². The Kier molecular flexibility index (Phi) is 5.17. The van der Waals surface area contributed by atoms with E-state index in [2.05, 4.69) is 37.2 Å². The number of nitrogens with one attached hydrogen (secondary N) is 1. The van der Waals surface area contributed by atoms with Crippen LogP contribution in [0.4, 0.5) is 10.1 Å². The number of esters is 1. The molecule has 1 aromatic carbocycles. The average molecular weight is 423 g/mol. The van der Waals surface area contributed by atoms with Crippen molar-refractivity contribution in [2.75, 3.05) is 12.4 Å². The Morgan fingerprint density at radius 3 is 2.70 bits per heavy atom. The van der Waals surface area contributed by atoms with E-state index in [1.165, 1.54) is 30.6 Å². The SMILES string of the molecule is COC(=O)C(Nc1cccc(F)c1)c1cc(Br)c(Br)s1. The molecule has 1 unspecified atom stereocenters. The van der Waals surface area contributed by atoms with Gasteiger partial charge in [-0.2, -0.15) is 0 Å². The maximum Gasteiger partial charge on any atom is 0.333 e. The van der Waals surface area contributed by atoms with Crippen LogP contribution in [0.25, 0.3) is 0 Å². The van der Waals surface area contributed by atoms with E-state index in [-0.39, 0.29) is 5.82 Å². The Balaban J connectivity index is 2.31. The third kappa shape index (κ3) is 3.59. The summed E-state index contributed by atoms with van der Waals surface area (Å²) in [6, 6.07) is 7.07. The van der Waals surface area contributed by atoms with Gasteiger partial charge in [-0.25, -0.2) is 9.18 Å². The highest BCUT2D eigenvalue weighted by Crippen LogP contribution is 2.37. The van der Waals surface area contributed by atoms with Crippen LogP contribution in [-0.2, 0) is 9.53 Å². The summed E-state index contributed by atoms with van der Waals surface area (Å²) in [5, 5.41) is 2.98. The monoisotopic (exact) mass is 421 g/mol. The van der Waals surface area contributed by atoms with Gasteiger partial charge in [0.05, 0.1) is 10.9 Å². The molecule has 20 heavy (non-hydrogen) atoms. The van der Waals surface area contributed by atoms with Crippen molar-refractivity contribution >= 4 is 54.9 Å². The number of methoxy groups -OCH3 is 1. The predicted octanol–water partition coefficient (Wildman–Crippen LogP) is 4.74. The van der Waals surface area contributed by atoms with E-state index in [0.717, 1.165) is 13.1 Å². The summed E-state index contributed by atoms with van der Waals surface area (Å²) in [5.74, 6) is -0.803. The summed E-state index contributed by atoms with van der Waals surface area (Å²) in [7, 11) is 1.32. The highest BCUT2D eigenvalue weighted by atomic mass is 79.9. The molecule has 0 aliphatic heterocycles. The molecule has 0 fully saturated rings. The van der Waals surface area contributed by atoms with Gasteiger partial charge in [0.25, 0.3) is 0 Å². The molecule has 106 valence electrons. The number of rotatable bonds is 4. The smallest absolute Gasteiger partial charge is 0.333 e. The van der Waals surface area contributed by atoms with E-state index < -0.39 is 12.0 Å². The lowest BCUT2D eigenvalue weighted by molar-refractivity contribution is -0.141. The zero-order valence-corrected chi connectivity index (χ0v) is 14.3. The Hall–Kier alpha value is -0.920. The van der Waals surface area contributed by atoms with Crippen molar-refractivity contribution in [2.45, 2.75) is 6.04 Å². The third-order valence-electron chi connectivity index (χ3n) is 2.52. The summed E-state index contributed by atoms with van der Waals surface area (Å²) >= 11 is 8.16. The molecule has 0 saturated heterocycles. The highest BCUT2D eigenvalue weighted by molar-refractivity contribution is 9.13. The Morgan fingerprint density at radius 1 is 1.40 bits per heavy atom. The standard InChI is InChI=1S/C13H10Br2FNO2S/c1-19-13(18)11(10-6-9(14)12(15)20-10)17-8-4-2-3-7(16)5-8/h2-6,11,17H,1H3. The molecule has 1 N–H and O–H groups in total. The molecule has 7 heteroatoms. The van der Waals surface area contributed by atoms with Crippen molar-refractivity contribution in [3.63, 3.8) is 0 Å². The van der Waals surface area contributed by atoms with Crippen LogP contribution in [-0.4, -0.2) is 13.1 Å². The van der Waals surface area contributed by atoms with Crippen molar-refractivity contribution in [3.05, 3.63) is 49.3 Å². The van der Waals surface area contributed by atoms with Gasteiger partial charge in [0.1, 0.15) is 5.82 Å². The number of hydrogen-bond donors (Lipinski definition) is 1. The molecule has 0 aliphatic carbocycles. The Bertz CT molecular complexity index is 613. The second-order valence-corrected chi connectivity index (χ2v) is 7.14. The van der Waals surface area contributed by atoms with Gasteiger partial charge in [-0.3, -0.25) is 0 Å². The lowest BCUT2D eigenvalue weighted by Gasteiger charge is -2.16. The predicted molar refractivity (Wildman–Crippen MR) is 84.5 cm³/mol. The van der Waals surface area contributed by atoms with Crippen molar-refractivity contribution in [1.29, 1.82) is 0 Å². The number of carbonyl (C=O) groups is 1.